The number of carboxylic acid groups (broad SMARTS) is 1. The topological polar surface area (TPSA) is 72.4 Å². The number of hydrogen-bond acceptors (Lipinski definition) is 3. The second-order valence-corrected chi connectivity index (χ2v) is 6.47. The summed E-state index contributed by atoms with van der Waals surface area (Å²) in [5.74, 6) is -1.12. The van der Waals surface area contributed by atoms with E-state index < -0.39 is 5.97 Å². The first kappa shape index (κ1) is 15.0. The predicted molar refractivity (Wildman–Crippen MR) is 96.4 cm³/mol. The van der Waals surface area contributed by atoms with Gasteiger partial charge >= 0.3 is 5.97 Å². The highest BCUT2D eigenvalue weighted by Gasteiger charge is 2.34. The summed E-state index contributed by atoms with van der Waals surface area (Å²) >= 11 is 6.14. The molecule has 0 saturated heterocycles. The maximum Gasteiger partial charge on any atom is 0.371 e. The van der Waals surface area contributed by atoms with Crippen molar-refractivity contribution in [1.29, 1.82) is 0 Å². The van der Waals surface area contributed by atoms with Crippen LogP contribution >= 0.6 is 11.6 Å². The molecule has 0 fully saturated rings. The summed E-state index contributed by atoms with van der Waals surface area (Å²) in [7, 11) is 0. The number of nitrogens with zero attached hydrogens (tertiary/aromatic N) is 1. The monoisotopic (exact) mass is 363 g/mol. The zero-order valence-corrected chi connectivity index (χ0v) is 13.9. The molecule has 1 aliphatic heterocycles. The van der Waals surface area contributed by atoms with Gasteiger partial charge in [0.15, 0.2) is 0 Å². The number of carboxylic acids is 1. The van der Waals surface area contributed by atoms with Crippen molar-refractivity contribution in [2.45, 2.75) is 0 Å². The Morgan fingerprint density at radius 1 is 1.08 bits per heavy atom. The van der Waals surface area contributed by atoms with Crippen molar-refractivity contribution >= 4 is 34.3 Å². The van der Waals surface area contributed by atoms with Gasteiger partial charge in [0, 0.05) is 16.0 Å². The lowest BCUT2D eigenvalue weighted by molar-refractivity contribution is 0.0663. The van der Waals surface area contributed by atoms with Gasteiger partial charge in [0.05, 0.1) is 16.8 Å². The maximum atomic E-state index is 13.1. The number of halogens is 1. The molecule has 0 saturated carbocycles. The van der Waals surface area contributed by atoms with E-state index >= 15 is 0 Å². The minimum Gasteiger partial charge on any atom is -0.475 e. The molecule has 1 aliphatic rings. The molecule has 0 spiro atoms. The average Bonchev–Trinajstić information content (AvgIpc) is 3.29. The second kappa shape index (κ2) is 5.09. The number of furan rings is 1. The summed E-state index contributed by atoms with van der Waals surface area (Å²) in [6.07, 6.45) is 0. The summed E-state index contributed by atoms with van der Waals surface area (Å²) in [5, 5.41) is 10.5. The van der Waals surface area contributed by atoms with Gasteiger partial charge in [0.1, 0.15) is 11.5 Å². The molecule has 5 nitrogen and oxygen atoms in total. The van der Waals surface area contributed by atoms with Gasteiger partial charge in [-0.3, -0.25) is 4.79 Å². The SMILES string of the molecule is O=C(O)c1ccc(-c2c3n(c4ccccc24)-c2cc(Cl)ccc2C3=O)o1. The van der Waals surface area contributed by atoms with E-state index in [1.165, 1.54) is 6.07 Å². The zero-order valence-electron chi connectivity index (χ0n) is 13.2. The van der Waals surface area contributed by atoms with Crippen LogP contribution in [-0.2, 0) is 0 Å². The van der Waals surface area contributed by atoms with Gasteiger partial charge in [0.25, 0.3) is 0 Å². The molecule has 0 radical (unpaired) electrons. The van der Waals surface area contributed by atoms with Gasteiger partial charge in [-0.2, -0.15) is 0 Å². The molecular weight excluding hydrogens is 354 g/mol. The minimum atomic E-state index is -1.15. The van der Waals surface area contributed by atoms with E-state index in [9.17, 15) is 9.59 Å². The fourth-order valence-electron chi connectivity index (χ4n) is 3.55. The fourth-order valence-corrected chi connectivity index (χ4v) is 3.72. The Morgan fingerprint density at radius 2 is 1.88 bits per heavy atom. The molecule has 0 atom stereocenters. The molecule has 2 aromatic heterocycles. The Kier molecular flexibility index (Phi) is 2.94. The van der Waals surface area contributed by atoms with Crippen LogP contribution in [-0.4, -0.2) is 21.4 Å². The van der Waals surface area contributed by atoms with Crippen LogP contribution in [0.15, 0.2) is 59.0 Å². The van der Waals surface area contributed by atoms with Crippen LogP contribution in [0.1, 0.15) is 26.6 Å². The van der Waals surface area contributed by atoms with E-state index in [1.807, 2.05) is 28.8 Å². The molecule has 6 heteroatoms. The first-order valence-corrected chi connectivity index (χ1v) is 8.25. The quantitative estimate of drug-likeness (QED) is 0.489. The van der Waals surface area contributed by atoms with Crippen molar-refractivity contribution in [1.82, 2.24) is 4.57 Å². The molecular formula is C20H10ClNO4. The van der Waals surface area contributed by atoms with E-state index in [1.54, 1.807) is 24.3 Å². The molecule has 0 unspecified atom stereocenters. The van der Waals surface area contributed by atoms with Crippen molar-refractivity contribution in [2.24, 2.45) is 0 Å². The second-order valence-electron chi connectivity index (χ2n) is 6.04. The smallest absolute Gasteiger partial charge is 0.371 e. The molecule has 0 amide bonds. The number of para-hydroxylation sites is 1. The molecule has 2 aromatic carbocycles. The highest BCUT2D eigenvalue weighted by atomic mass is 35.5. The van der Waals surface area contributed by atoms with Crippen molar-refractivity contribution in [3.05, 3.63) is 76.6 Å². The predicted octanol–water partition coefficient (Wildman–Crippen LogP) is 4.79. The highest BCUT2D eigenvalue weighted by Crippen LogP contribution is 2.43. The zero-order chi connectivity index (χ0) is 18.0. The molecule has 4 aromatic rings. The Hall–Kier alpha value is -3.31. The summed E-state index contributed by atoms with van der Waals surface area (Å²) in [4.78, 5) is 24.3. The third kappa shape index (κ3) is 1.86. The average molecular weight is 364 g/mol. The van der Waals surface area contributed by atoms with E-state index in [2.05, 4.69) is 0 Å². The number of ketones is 1. The molecule has 5 rings (SSSR count). The number of aromatic carboxylic acids is 1. The number of fused-ring (bicyclic) bond motifs is 5. The van der Waals surface area contributed by atoms with Crippen LogP contribution in [0.5, 0.6) is 0 Å². The number of carbonyl (C=O) groups excluding carboxylic acids is 1. The Labute approximate surface area is 152 Å². The lowest BCUT2D eigenvalue weighted by Gasteiger charge is -2.04. The number of aromatic nitrogens is 1. The largest absolute Gasteiger partial charge is 0.475 e. The molecule has 126 valence electrons. The highest BCUT2D eigenvalue weighted by molar-refractivity contribution is 6.31. The first-order valence-electron chi connectivity index (χ1n) is 7.88. The molecule has 3 heterocycles. The number of carbonyl (C=O) groups is 2. The van der Waals surface area contributed by atoms with Gasteiger partial charge in [-0.25, -0.2) is 4.79 Å². The maximum absolute atomic E-state index is 13.1. The molecule has 0 bridgehead atoms. The van der Waals surface area contributed by atoms with E-state index in [0.29, 0.717) is 33.3 Å². The van der Waals surface area contributed by atoms with Crippen LogP contribution in [0.4, 0.5) is 0 Å². The molecule has 26 heavy (non-hydrogen) atoms. The summed E-state index contributed by atoms with van der Waals surface area (Å²) in [6, 6.07) is 15.7. The van der Waals surface area contributed by atoms with Gasteiger partial charge < -0.3 is 14.1 Å². The lowest BCUT2D eigenvalue weighted by atomic mass is 10.0. The number of hydrogen-bond donors (Lipinski definition) is 1. The van der Waals surface area contributed by atoms with E-state index in [4.69, 9.17) is 21.1 Å². The van der Waals surface area contributed by atoms with Crippen LogP contribution in [0.3, 0.4) is 0 Å². The van der Waals surface area contributed by atoms with Gasteiger partial charge in [-0.05, 0) is 36.4 Å². The minimum absolute atomic E-state index is 0.142. The van der Waals surface area contributed by atoms with Crippen molar-refractivity contribution in [3.8, 4) is 17.0 Å². The lowest BCUT2D eigenvalue weighted by Crippen LogP contribution is -1.98. The van der Waals surface area contributed by atoms with Crippen molar-refractivity contribution < 1.29 is 19.1 Å². The third-order valence-electron chi connectivity index (χ3n) is 4.60. The van der Waals surface area contributed by atoms with E-state index in [-0.39, 0.29) is 11.5 Å². The van der Waals surface area contributed by atoms with Gasteiger partial charge in [-0.15, -0.1) is 0 Å². The Bertz CT molecular complexity index is 1250. The van der Waals surface area contributed by atoms with E-state index in [0.717, 1.165) is 10.9 Å². The third-order valence-corrected chi connectivity index (χ3v) is 4.83. The summed E-state index contributed by atoms with van der Waals surface area (Å²) in [6.45, 7) is 0. The van der Waals surface area contributed by atoms with Crippen LogP contribution < -0.4 is 0 Å². The van der Waals surface area contributed by atoms with Gasteiger partial charge in [0.2, 0.25) is 11.5 Å². The summed E-state index contributed by atoms with van der Waals surface area (Å²) < 4.78 is 7.36. The number of rotatable bonds is 2. The Balaban J connectivity index is 1.90. The Morgan fingerprint density at radius 3 is 2.65 bits per heavy atom. The van der Waals surface area contributed by atoms with Gasteiger partial charge in [-0.1, -0.05) is 29.8 Å². The molecule has 0 aliphatic carbocycles. The number of benzene rings is 2. The summed E-state index contributed by atoms with van der Waals surface area (Å²) in [5.41, 5.74) is 3.15. The van der Waals surface area contributed by atoms with Crippen LogP contribution in [0.25, 0.3) is 27.9 Å². The van der Waals surface area contributed by atoms with Crippen LogP contribution in [0.2, 0.25) is 5.02 Å². The molecule has 1 N–H and O–H groups in total. The first-order chi connectivity index (χ1) is 12.6. The fraction of sp³-hybridized carbons (Fsp3) is 0. The normalized spacial score (nSPS) is 12.4. The standard InChI is InChI=1S/C20H10ClNO4/c21-10-5-6-12-14(9-10)22-13-4-2-1-3-11(13)17(18(22)19(12)23)15-7-8-16(26-15)20(24)25/h1-9H,(H,24,25). The van der Waals surface area contributed by atoms with Crippen LogP contribution in [0, 0.1) is 0 Å². The van der Waals surface area contributed by atoms with Crippen molar-refractivity contribution in [2.75, 3.05) is 0 Å². The van der Waals surface area contributed by atoms with Crippen molar-refractivity contribution in [3.63, 3.8) is 0 Å².